The monoisotopic (exact) mass is 356 g/mol. The first-order valence-corrected chi connectivity index (χ1v) is 8.41. The molecule has 0 bridgehead atoms. The number of aromatic nitrogens is 1. The highest BCUT2D eigenvalue weighted by Gasteiger charge is 2.30. The Labute approximate surface area is 135 Å². The number of sulfonamides is 1. The van der Waals surface area contributed by atoms with Crippen LogP contribution in [0.5, 0.6) is 0 Å². The summed E-state index contributed by atoms with van der Waals surface area (Å²) in [5.41, 5.74) is -0.133. The number of fused-ring (bicyclic) bond motifs is 1. The standard InChI is InChI=1S/C15H11F3N2O3S/c16-15(17,18)10-5-7-11(8-6-10)20-24(21,22)9-13-12-3-1-2-4-14(12)23-19-13/h1-8,20H,9H2. The lowest BCUT2D eigenvalue weighted by molar-refractivity contribution is -0.137. The summed E-state index contributed by atoms with van der Waals surface area (Å²) in [5, 5.41) is 4.29. The first-order valence-electron chi connectivity index (χ1n) is 6.76. The molecule has 3 rings (SSSR count). The summed E-state index contributed by atoms with van der Waals surface area (Å²) in [6, 6.07) is 10.5. The van der Waals surface area contributed by atoms with Gasteiger partial charge < -0.3 is 4.52 Å². The topological polar surface area (TPSA) is 72.2 Å². The molecule has 0 aliphatic rings. The Hall–Kier alpha value is -2.55. The van der Waals surface area contributed by atoms with Crippen molar-refractivity contribution < 1.29 is 26.1 Å². The van der Waals surface area contributed by atoms with Gasteiger partial charge in [-0.05, 0) is 36.4 Å². The van der Waals surface area contributed by atoms with Crippen molar-refractivity contribution in [2.24, 2.45) is 0 Å². The number of nitrogens with one attached hydrogen (secondary N) is 1. The zero-order valence-electron chi connectivity index (χ0n) is 12.0. The highest BCUT2D eigenvalue weighted by atomic mass is 32.2. The molecular weight excluding hydrogens is 345 g/mol. The quantitative estimate of drug-likeness (QED) is 0.772. The number of hydrogen-bond donors (Lipinski definition) is 1. The van der Waals surface area contributed by atoms with Gasteiger partial charge in [-0.2, -0.15) is 13.2 Å². The van der Waals surface area contributed by atoms with Crippen LogP contribution in [-0.4, -0.2) is 13.6 Å². The minimum absolute atomic E-state index is 0.0378. The molecule has 0 saturated heterocycles. The van der Waals surface area contributed by atoms with Crippen molar-refractivity contribution in [3.8, 4) is 0 Å². The fourth-order valence-corrected chi connectivity index (χ4v) is 3.30. The minimum atomic E-state index is -4.48. The van der Waals surface area contributed by atoms with E-state index in [2.05, 4.69) is 9.88 Å². The van der Waals surface area contributed by atoms with Crippen LogP contribution in [0.25, 0.3) is 11.0 Å². The highest BCUT2D eigenvalue weighted by Crippen LogP contribution is 2.30. The van der Waals surface area contributed by atoms with Gasteiger partial charge in [0.25, 0.3) is 0 Å². The SMILES string of the molecule is O=S(=O)(Cc1noc2ccccc12)Nc1ccc(C(F)(F)F)cc1. The number of nitrogens with zero attached hydrogens (tertiary/aromatic N) is 1. The molecule has 5 nitrogen and oxygen atoms in total. The fraction of sp³-hybridized carbons (Fsp3) is 0.133. The van der Waals surface area contributed by atoms with E-state index in [1.165, 1.54) is 0 Å². The van der Waals surface area contributed by atoms with E-state index < -0.39 is 27.5 Å². The summed E-state index contributed by atoms with van der Waals surface area (Å²) >= 11 is 0. The van der Waals surface area contributed by atoms with Crippen LogP contribution < -0.4 is 4.72 Å². The van der Waals surface area contributed by atoms with Crippen LogP contribution in [0.15, 0.2) is 53.1 Å². The van der Waals surface area contributed by atoms with Crippen LogP contribution in [-0.2, 0) is 22.0 Å². The van der Waals surface area contributed by atoms with Crippen LogP contribution in [0.2, 0.25) is 0 Å². The minimum Gasteiger partial charge on any atom is -0.356 e. The number of alkyl halides is 3. The van der Waals surface area contributed by atoms with Gasteiger partial charge in [-0.3, -0.25) is 4.72 Å². The predicted molar refractivity (Wildman–Crippen MR) is 81.7 cm³/mol. The van der Waals surface area contributed by atoms with Gasteiger partial charge in [-0.25, -0.2) is 8.42 Å². The molecule has 3 aromatic rings. The van der Waals surface area contributed by atoms with Crippen molar-refractivity contribution in [1.82, 2.24) is 5.16 Å². The van der Waals surface area contributed by atoms with Gasteiger partial charge in [0.2, 0.25) is 10.0 Å². The van der Waals surface area contributed by atoms with Crippen LogP contribution >= 0.6 is 0 Å². The molecule has 0 atom stereocenters. The Morgan fingerprint density at radius 1 is 1.04 bits per heavy atom. The summed E-state index contributed by atoms with van der Waals surface area (Å²) in [4.78, 5) is 0. The van der Waals surface area contributed by atoms with E-state index in [1.54, 1.807) is 24.3 Å². The van der Waals surface area contributed by atoms with Gasteiger partial charge in [0.15, 0.2) is 5.58 Å². The molecule has 1 aromatic heterocycles. The summed E-state index contributed by atoms with van der Waals surface area (Å²) in [7, 11) is -3.85. The lowest BCUT2D eigenvalue weighted by atomic mass is 10.2. The maximum absolute atomic E-state index is 12.5. The first-order chi connectivity index (χ1) is 11.2. The van der Waals surface area contributed by atoms with Crippen molar-refractivity contribution in [2.75, 3.05) is 4.72 Å². The van der Waals surface area contributed by atoms with Crippen LogP contribution in [0.4, 0.5) is 18.9 Å². The van der Waals surface area contributed by atoms with Gasteiger partial charge in [0.05, 0.1) is 5.56 Å². The molecule has 126 valence electrons. The Morgan fingerprint density at radius 3 is 2.38 bits per heavy atom. The first kappa shape index (κ1) is 16.3. The molecule has 0 fully saturated rings. The molecule has 0 saturated carbocycles. The number of para-hydroxylation sites is 1. The van der Waals surface area contributed by atoms with Crippen molar-refractivity contribution in [3.63, 3.8) is 0 Å². The average Bonchev–Trinajstić information content (AvgIpc) is 2.89. The number of halogens is 3. The van der Waals surface area contributed by atoms with Gasteiger partial charge in [0.1, 0.15) is 11.4 Å². The van der Waals surface area contributed by atoms with Crippen molar-refractivity contribution in [3.05, 3.63) is 59.8 Å². The summed E-state index contributed by atoms with van der Waals surface area (Å²) in [6.07, 6.45) is -4.48. The van der Waals surface area contributed by atoms with E-state index in [-0.39, 0.29) is 11.4 Å². The average molecular weight is 356 g/mol. The fourth-order valence-electron chi connectivity index (χ4n) is 2.17. The third-order valence-electron chi connectivity index (χ3n) is 3.26. The maximum Gasteiger partial charge on any atom is 0.416 e. The predicted octanol–water partition coefficient (Wildman–Crippen LogP) is 3.79. The summed E-state index contributed by atoms with van der Waals surface area (Å²) < 4.78 is 69.1. The lowest BCUT2D eigenvalue weighted by Gasteiger charge is -2.09. The zero-order valence-corrected chi connectivity index (χ0v) is 12.9. The molecule has 0 spiro atoms. The second-order valence-electron chi connectivity index (χ2n) is 5.06. The van der Waals surface area contributed by atoms with Gasteiger partial charge in [-0.15, -0.1) is 0 Å². The lowest BCUT2D eigenvalue weighted by Crippen LogP contribution is -2.15. The van der Waals surface area contributed by atoms with Crippen molar-refractivity contribution in [2.45, 2.75) is 11.9 Å². The molecule has 0 radical (unpaired) electrons. The Morgan fingerprint density at radius 2 is 1.71 bits per heavy atom. The smallest absolute Gasteiger partial charge is 0.356 e. The molecule has 0 aliphatic carbocycles. The van der Waals surface area contributed by atoms with Crippen LogP contribution in [0, 0.1) is 0 Å². The molecule has 1 heterocycles. The summed E-state index contributed by atoms with van der Waals surface area (Å²) in [5.74, 6) is -0.453. The summed E-state index contributed by atoms with van der Waals surface area (Å²) in [6.45, 7) is 0. The number of anilines is 1. The Kier molecular flexibility index (Phi) is 3.96. The van der Waals surface area contributed by atoms with E-state index in [0.717, 1.165) is 24.3 Å². The van der Waals surface area contributed by atoms with Crippen LogP contribution in [0.3, 0.4) is 0 Å². The molecule has 2 aromatic carbocycles. The second kappa shape index (κ2) is 5.82. The molecule has 0 amide bonds. The molecular formula is C15H11F3N2O3S. The maximum atomic E-state index is 12.5. The van der Waals surface area contributed by atoms with Gasteiger partial charge >= 0.3 is 6.18 Å². The third kappa shape index (κ3) is 3.51. The van der Waals surface area contributed by atoms with Crippen LogP contribution in [0.1, 0.15) is 11.3 Å². The van der Waals surface area contributed by atoms with Crippen molar-refractivity contribution >= 4 is 26.7 Å². The van der Waals surface area contributed by atoms with Gasteiger partial charge in [-0.1, -0.05) is 17.3 Å². The molecule has 9 heteroatoms. The molecule has 0 aliphatic heterocycles. The molecule has 1 N–H and O–H groups in total. The number of hydrogen-bond acceptors (Lipinski definition) is 4. The number of rotatable bonds is 4. The largest absolute Gasteiger partial charge is 0.416 e. The molecule has 24 heavy (non-hydrogen) atoms. The number of benzene rings is 2. The van der Waals surface area contributed by atoms with E-state index in [0.29, 0.717) is 11.0 Å². The van der Waals surface area contributed by atoms with Gasteiger partial charge in [0, 0.05) is 11.1 Å². The Bertz CT molecular complexity index is 964. The van der Waals surface area contributed by atoms with E-state index in [4.69, 9.17) is 4.52 Å². The van der Waals surface area contributed by atoms with Crippen molar-refractivity contribution in [1.29, 1.82) is 0 Å². The zero-order chi connectivity index (χ0) is 17.4. The second-order valence-corrected chi connectivity index (χ2v) is 6.78. The van der Waals surface area contributed by atoms with E-state index in [9.17, 15) is 21.6 Å². The highest BCUT2D eigenvalue weighted by molar-refractivity contribution is 7.91. The third-order valence-corrected chi connectivity index (χ3v) is 4.46. The normalized spacial score (nSPS) is 12.5. The molecule has 0 unspecified atom stereocenters. The van der Waals surface area contributed by atoms with E-state index >= 15 is 0 Å². The Balaban J connectivity index is 1.79. The van der Waals surface area contributed by atoms with E-state index in [1.807, 2.05) is 0 Å².